The van der Waals surface area contributed by atoms with Gasteiger partial charge in [0, 0.05) is 12.6 Å². The number of carbonyl (C=O) groups excluding carboxylic acids is 1. The molecule has 0 fully saturated rings. The highest BCUT2D eigenvalue weighted by atomic mass is 32.1. The number of primary amides is 1. The molecule has 0 aliphatic heterocycles. The lowest BCUT2D eigenvalue weighted by atomic mass is 10.1. The van der Waals surface area contributed by atoms with Crippen LogP contribution in [0.15, 0.2) is 61.2 Å². The number of aromatic nitrogens is 4. The Kier molecular flexibility index (Phi) is 5.79. The third kappa shape index (κ3) is 4.33. The Morgan fingerprint density at radius 3 is 2.43 bits per heavy atom. The number of alkyl halides is 3. The molecule has 0 bridgehead atoms. The predicted molar refractivity (Wildman–Crippen MR) is 133 cm³/mol. The van der Waals surface area contributed by atoms with Gasteiger partial charge in [-0.2, -0.15) is 13.2 Å². The van der Waals surface area contributed by atoms with Crippen molar-refractivity contribution in [1.29, 1.82) is 0 Å². The second-order valence-corrected chi connectivity index (χ2v) is 9.06. The first-order valence-electron chi connectivity index (χ1n) is 10.6. The van der Waals surface area contributed by atoms with Crippen LogP contribution in [0.3, 0.4) is 0 Å². The summed E-state index contributed by atoms with van der Waals surface area (Å²) in [5, 5.41) is 0.713. The number of anilines is 3. The summed E-state index contributed by atoms with van der Waals surface area (Å²) in [4.78, 5) is 27.2. The van der Waals surface area contributed by atoms with Gasteiger partial charge in [-0.1, -0.05) is 12.1 Å². The Labute approximate surface area is 210 Å². The van der Waals surface area contributed by atoms with Crippen molar-refractivity contribution in [3.05, 3.63) is 72.6 Å². The predicted octanol–water partition coefficient (Wildman–Crippen LogP) is 5.72. The van der Waals surface area contributed by atoms with Crippen LogP contribution in [0.4, 0.5) is 39.5 Å². The number of halogens is 4. The van der Waals surface area contributed by atoms with E-state index in [0.717, 1.165) is 10.6 Å². The molecule has 2 amide bonds. The number of fused-ring (bicyclic) bond motifs is 1. The lowest BCUT2D eigenvalue weighted by Crippen LogP contribution is -2.32. The van der Waals surface area contributed by atoms with Crippen molar-refractivity contribution in [1.82, 2.24) is 19.5 Å². The van der Waals surface area contributed by atoms with Crippen LogP contribution in [0.5, 0.6) is 0 Å². The van der Waals surface area contributed by atoms with Crippen molar-refractivity contribution < 1.29 is 22.4 Å². The molecule has 0 unspecified atom stereocenters. The molecule has 0 saturated carbocycles. The molecule has 5 aromatic rings. The fraction of sp³-hybridized carbons (Fsp3) is 0.0833. The quantitative estimate of drug-likeness (QED) is 0.290. The first-order valence-corrected chi connectivity index (χ1v) is 11.4. The molecule has 188 valence electrons. The number of nitrogen functional groups attached to an aromatic ring is 1. The van der Waals surface area contributed by atoms with Crippen molar-refractivity contribution in [2.75, 3.05) is 10.6 Å². The van der Waals surface area contributed by atoms with E-state index >= 15 is 0 Å². The van der Waals surface area contributed by atoms with Gasteiger partial charge >= 0.3 is 12.2 Å². The van der Waals surface area contributed by atoms with E-state index in [1.165, 1.54) is 29.8 Å². The largest absolute Gasteiger partial charge is 0.416 e. The number of hydrogen-bond acceptors (Lipinski definition) is 6. The molecule has 37 heavy (non-hydrogen) atoms. The van der Waals surface area contributed by atoms with Crippen LogP contribution in [0, 0.1) is 5.82 Å². The van der Waals surface area contributed by atoms with Gasteiger partial charge in [-0.15, -0.1) is 11.3 Å². The van der Waals surface area contributed by atoms with Crippen LogP contribution < -0.4 is 16.4 Å². The molecule has 8 nitrogen and oxygen atoms in total. The third-order valence-electron chi connectivity index (χ3n) is 5.66. The molecule has 0 radical (unpaired) electrons. The second kappa shape index (κ2) is 8.85. The molecule has 0 spiro atoms. The van der Waals surface area contributed by atoms with E-state index in [9.17, 15) is 22.4 Å². The fourth-order valence-corrected chi connectivity index (χ4v) is 5.03. The topological polar surface area (TPSA) is 116 Å². The van der Waals surface area contributed by atoms with Crippen molar-refractivity contribution in [2.24, 2.45) is 12.8 Å². The molecular weight excluding hydrogens is 510 g/mol. The van der Waals surface area contributed by atoms with Crippen LogP contribution in [0.1, 0.15) is 5.56 Å². The minimum absolute atomic E-state index is 0.0804. The summed E-state index contributed by atoms with van der Waals surface area (Å²) >= 11 is 1.41. The summed E-state index contributed by atoms with van der Waals surface area (Å²) in [5.74, 6) is -0.677. The SMILES string of the molecule is Cn1cnc(-c2ccc(N(C(N)=O)c3cc(C(F)(F)F)ccc3F)cc2)c1-c1cc2c(N)ncnc2s1. The van der Waals surface area contributed by atoms with Gasteiger partial charge < -0.3 is 16.0 Å². The van der Waals surface area contributed by atoms with Gasteiger partial charge in [0.05, 0.1) is 44.9 Å². The monoisotopic (exact) mass is 527 g/mol. The number of rotatable bonds is 4. The molecule has 0 aliphatic rings. The number of hydrogen-bond donors (Lipinski definition) is 2. The average molecular weight is 528 g/mol. The van der Waals surface area contributed by atoms with Gasteiger partial charge in [-0.25, -0.2) is 24.1 Å². The summed E-state index contributed by atoms with van der Waals surface area (Å²) in [6.07, 6.45) is -1.71. The number of nitrogens with two attached hydrogens (primary N) is 2. The molecule has 13 heteroatoms. The van der Waals surface area contributed by atoms with E-state index in [0.29, 0.717) is 50.4 Å². The highest BCUT2D eigenvalue weighted by Crippen LogP contribution is 2.40. The molecule has 2 aromatic carbocycles. The standard InChI is InChI=1S/C24H17F4N7OS/c1-34-11-33-19(20(34)18-9-15-21(29)31-10-32-22(15)37-18)12-2-5-14(6-3-12)35(23(30)36)17-8-13(24(26,27)28)4-7-16(17)25/h2-11H,1H3,(H2,30,36)(H2,29,31,32). The maximum absolute atomic E-state index is 14.5. The van der Waals surface area contributed by atoms with Gasteiger partial charge in [0.15, 0.2) is 0 Å². The normalized spacial score (nSPS) is 11.7. The fourth-order valence-electron chi connectivity index (χ4n) is 3.94. The zero-order valence-electron chi connectivity index (χ0n) is 19.0. The van der Waals surface area contributed by atoms with Gasteiger partial charge in [-0.3, -0.25) is 4.90 Å². The number of benzene rings is 2. The molecule has 4 N–H and O–H groups in total. The van der Waals surface area contributed by atoms with E-state index in [-0.39, 0.29) is 5.69 Å². The highest BCUT2D eigenvalue weighted by Gasteiger charge is 2.32. The zero-order chi connectivity index (χ0) is 26.5. The number of nitrogens with zero attached hydrogens (tertiary/aromatic N) is 5. The summed E-state index contributed by atoms with van der Waals surface area (Å²) < 4.78 is 55.9. The number of imidazole rings is 1. The Bertz CT molecular complexity index is 1640. The molecular formula is C24H17F4N7OS. The van der Waals surface area contributed by atoms with Crippen molar-refractivity contribution >= 4 is 44.8 Å². The summed E-state index contributed by atoms with van der Waals surface area (Å²) in [6.45, 7) is 0. The lowest BCUT2D eigenvalue weighted by molar-refractivity contribution is -0.137. The molecule has 3 aromatic heterocycles. The van der Waals surface area contributed by atoms with E-state index in [1.807, 2.05) is 17.7 Å². The number of carbonyl (C=O) groups is 1. The summed E-state index contributed by atoms with van der Waals surface area (Å²) in [5.41, 5.74) is 11.8. The molecule has 5 rings (SSSR count). The van der Waals surface area contributed by atoms with Crippen LogP contribution in [0.2, 0.25) is 0 Å². The Hall–Kier alpha value is -4.52. The average Bonchev–Trinajstić information content (AvgIpc) is 3.44. The van der Waals surface area contributed by atoms with Crippen molar-refractivity contribution in [3.8, 4) is 21.8 Å². The van der Waals surface area contributed by atoms with Gasteiger partial charge in [0.25, 0.3) is 0 Å². The van der Waals surface area contributed by atoms with Gasteiger partial charge in [0.1, 0.15) is 22.8 Å². The Morgan fingerprint density at radius 1 is 1.05 bits per heavy atom. The minimum atomic E-state index is -4.73. The van der Waals surface area contributed by atoms with Crippen LogP contribution in [-0.4, -0.2) is 25.6 Å². The number of urea groups is 1. The van der Waals surface area contributed by atoms with Crippen molar-refractivity contribution in [3.63, 3.8) is 0 Å². The highest BCUT2D eigenvalue weighted by molar-refractivity contribution is 7.21. The summed E-state index contributed by atoms with van der Waals surface area (Å²) in [7, 11) is 1.82. The second-order valence-electron chi connectivity index (χ2n) is 8.03. The lowest BCUT2D eigenvalue weighted by Gasteiger charge is -2.22. The van der Waals surface area contributed by atoms with Crippen LogP contribution >= 0.6 is 11.3 Å². The van der Waals surface area contributed by atoms with Gasteiger partial charge in [-0.05, 0) is 36.4 Å². The van der Waals surface area contributed by atoms with Gasteiger partial charge in [0.2, 0.25) is 0 Å². The van der Waals surface area contributed by atoms with Crippen LogP contribution in [0.25, 0.3) is 32.0 Å². The number of aryl methyl sites for hydroxylation is 1. The third-order valence-corrected chi connectivity index (χ3v) is 6.71. The zero-order valence-corrected chi connectivity index (χ0v) is 19.8. The molecule has 3 heterocycles. The van der Waals surface area contributed by atoms with E-state index in [2.05, 4.69) is 15.0 Å². The first-order chi connectivity index (χ1) is 17.5. The molecule has 0 atom stereocenters. The van der Waals surface area contributed by atoms with E-state index in [1.54, 1.807) is 18.5 Å². The number of amides is 2. The van der Waals surface area contributed by atoms with E-state index < -0.39 is 29.3 Å². The van der Waals surface area contributed by atoms with E-state index in [4.69, 9.17) is 11.5 Å². The maximum atomic E-state index is 14.5. The van der Waals surface area contributed by atoms with Crippen LogP contribution in [-0.2, 0) is 13.2 Å². The Balaban J connectivity index is 1.55. The maximum Gasteiger partial charge on any atom is 0.416 e. The molecule has 0 aliphatic carbocycles. The molecule has 0 saturated heterocycles. The first kappa shape index (κ1) is 24.2. The summed E-state index contributed by atoms with van der Waals surface area (Å²) in [6, 6.07) is 8.64. The van der Waals surface area contributed by atoms with Crippen molar-refractivity contribution in [2.45, 2.75) is 6.18 Å². The smallest absolute Gasteiger partial charge is 0.383 e. The number of thiophene rings is 1. The Morgan fingerprint density at radius 2 is 1.78 bits per heavy atom. The minimum Gasteiger partial charge on any atom is -0.383 e.